The summed E-state index contributed by atoms with van der Waals surface area (Å²) < 4.78 is 51.2. The molecule has 0 spiro atoms. The second-order valence-electron chi connectivity index (χ2n) is 4.40. The number of benzene rings is 2. The normalized spacial score (nSPS) is 11.5. The minimum Gasteiger partial charge on any atom is -0.294 e. The molecule has 2 aromatic carbocycles. The van der Waals surface area contributed by atoms with Crippen molar-refractivity contribution in [3.8, 4) is 0 Å². The van der Waals surface area contributed by atoms with E-state index in [1.807, 2.05) is 0 Å². The van der Waals surface area contributed by atoms with Crippen LogP contribution in [0.3, 0.4) is 0 Å². The first kappa shape index (κ1) is 15.7. The van der Waals surface area contributed by atoms with Gasteiger partial charge < -0.3 is 0 Å². The Hall–Kier alpha value is -1.69. The molecule has 1 nitrogen and oxygen atoms in total. The second kappa shape index (κ2) is 5.97. The van der Waals surface area contributed by atoms with Crippen molar-refractivity contribution in [1.29, 1.82) is 0 Å². The van der Waals surface area contributed by atoms with Crippen molar-refractivity contribution in [2.45, 2.75) is 12.6 Å². The minimum absolute atomic E-state index is 0.0157. The van der Waals surface area contributed by atoms with Gasteiger partial charge >= 0.3 is 6.18 Å². The Morgan fingerprint density at radius 1 is 1.10 bits per heavy atom. The third-order valence-electron chi connectivity index (χ3n) is 2.87. The molecule has 0 N–H and O–H groups in total. The van der Waals surface area contributed by atoms with Gasteiger partial charge in [-0.1, -0.05) is 30.3 Å². The monoisotopic (exact) mass is 360 g/mol. The van der Waals surface area contributed by atoms with E-state index in [1.54, 1.807) is 0 Å². The van der Waals surface area contributed by atoms with E-state index in [1.165, 1.54) is 30.3 Å². The standard InChI is InChI=1S/C15H9BrF4O/c16-14-11(5-2-6-12(14)17)13(21)8-9-3-1-4-10(7-9)15(18,19)20/h1-7H,8H2. The maximum absolute atomic E-state index is 13.4. The van der Waals surface area contributed by atoms with Gasteiger partial charge in [-0.05, 0) is 33.6 Å². The highest BCUT2D eigenvalue weighted by molar-refractivity contribution is 9.10. The fourth-order valence-corrected chi connectivity index (χ4v) is 2.34. The van der Waals surface area contributed by atoms with Gasteiger partial charge in [-0.25, -0.2) is 4.39 Å². The number of halogens is 5. The number of hydrogen-bond donors (Lipinski definition) is 0. The van der Waals surface area contributed by atoms with E-state index in [-0.39, 0.29) is 22.0 Å². The van der Waals surface area contributed by atoms with Crippen LogP contribution in [0.25, 0.3) is 0 Å². The topological polar surface area (TPSA) is 17.1 Å². The molecule has 6 heteroatoms. The molecule has 2 rings (SSSR count). The lowest BCUT2D eigenvalue weighted by atomic mass is 10.0. The van der Waals surface area contributed by atoms with Crippen LogP contribution in [-0.2, 0) is 12.6 Å². The Bertz CT molecular complexity index is 680. The van der Waals surface area contributed by atoms with Crippen LogP contribution < -0.4 is 0 Å². The summed E-state index contributed by atoms with van der Waals surface area (Å²) in [7, 11) is 0. The average molecular weight is 361 g/mol. The molecule has 0 aliphatic carbocycles. The van der Waals surface area contributed by atoms with Gasteiger partial charge in [-0.3, -0.25) is 4.79 Å². The largest absolute Gasteiger partial charge is 0.416 e. The summed E-state index contributed by atoms with van der Waals surface area (Å²) in [5.74, 6) is -1.05. The highest BCUT2D eigenvalue weighted by atomic mass is 79.9. The first-order valence-corrected chi connectivity index (χ1v) is 6.71. The third-order valence-corrected chi connectivity index (χ3v) is 3.68. The summed E-state index contributed by atoms with van der Waals surface area (Å²) >= 11 is 2.96. The van der Waals surface area contributed by atoms with Gasteiger partial charge in [0, 0.05) is 12.0 Å². The van der Waals surface area contributed by atoms with Crippen molar-refractivity contribution < 1.29 is 22.4 Å². The van der Waals surface area contributed by atoms with Gasteiger partial charge in [0.05, 0.1) is 10.0 Å². The van der Waals surface area contributed by atoms with Crippen molar-refractivity contribution in [2.75, 3.05) is 0 Å². The number of Topliss-reactive ketones (excluding diaryl/α,β-unsaturated/α-hetero) is 1. The van der Waals surface area contributed by atoms with E-state index < -0.39 is 23.3 Å². The Balaban J connectivity index is 2.26. The molecule has 0 heterocycles. The lowest BCUT2D eigenvalue weighted by molar-refractivity contribution is -0.137. The minimum atomic E-state index is -4.46. The molecule has 0 atom stereocenters. The van der Waals surface area contributed by atoms with Crippen LogP contribution >= 0.6 is 15.9 Å². The summed E-state index contributed by atoms with van der Waals surface area (Å²) in [5, 5.41) is 0. The summed E-state index contributed by atoms with van der Waals surface area (Å²) in [4.78, 5) is 12.1. The van der Waals surface area contributed by atoms with E-state index in [0.717, 1.165) is 12.1 Å². The summed E-state index contributed by atoms with van der Waals surface area (Å²) in [6.07, 6.45) is -4.69. The lowest BCUT2D eigenvalue weighted by Crippen LogP contribution is -2.08. The van der Waals surface area contributed by atoms with Crippen molar-refractivity contribution >= 4 is 21.7 Å². The molecule has 0 radical (unpaired) electrons. The molecular weight excluding hydrogens is 352 g/mol. The number of alkyl halides is 3. The predicted molar refractivity (Wildman–Crippen MR) is 73.6 cm³/mol. The Morgan fingerprint density at radius 3 is 2.43 bits per heavy atom. The summed E-state index contributed by atoms with van der Waals surface area (Å²) in [6.45, 7) is 0. The predicted octanol–water partition coefficient (Wildman–Crippen LogP) is 5.03. The average Bonchev–Trinajstić information content (AvgIpc) is 2.41. The van der Waals surface area contributed by atoms with Crippen LogP contribution in [0.5, 0.6) is 0 Å². The van der Waals surface area contributed by atoms with Crippen molar-refractivity contribution in [2.24, 2.45) is 0 Å². The molecular formula is C15H9BrF4O. The Labute approximate surface area is 126 Å². The smallest absolute Gasteiger partial charge is 0.294 e. The van der Waals surface area contributed by atoms with Gasteiger partial charge in [-0.2, -0.15) is 13.2 Å². The molecule has 0 fully saturated rings. The van der Waals surface area contributed by atoms with E-state index in [0.29, 0.717) is 0 Å². The molecule has 0 aliphatic rings. The quantitative estimate of drug-likeness (QED) is 0.554. The highest BCUT2D eigenvalue weighted by Gasteiger charge is 2.30. The van der Waals surface area contributed by atoms with Crippen molar-refractivity contribution in [3.63, 3.8) is 0 Å². The number of rotatable bonds is 3. The SMILES string of the molecule is O=C(Cc1cccc(C(F)(F)F)c1)c1cccc(F)c1Br. The van der Waals surface area contributed by atoms with E-state index in [2.05, 4.69) is 15.9 Å². The first-order chi connectivity index (χ1) is 9.79. The van der Waals surface area contributed by atoms with Crippen LogP contribution in [0.2, 0.25) is 0 Å². The third kappa shape index (κ3) is 3.69. The maximum Gasteiger partial charge on any atom is 0.416 e. The van der Waals surface area contributed by atoms with Gasteiger partial charge in [0.25, 0.3) is 0 Å². The van der Waals surface area contributed by atoms with Crippen LogP contribution in [0, 0.1) is 5.82 Å². The highest BCUT2D eigenvalue weighted by Crippen LogP contribution is 2.30. The van der Waals surface area contributed by atoms with Gasteiger partial charge in [0.2, 0.25) is 0 Å². The molecule has 0 amide bonds. The van der Waals surface area contributed by atoms with Crippen molar-refractivity contribution in [1.82, 2.24) is 0 Å². The summed E-state index contributed by atoms with van der Waals surface area (Å²) in [5.41, 5.74) is -0.482. The van der Waals surface area contributed by atoms with Gasteiger partial charge in [0.15, 0.2) is 5.78 Å². The fraction of sp³-hybridized carbons (Fsp3) is 0.133. The van der Waals surface area contributed by atoms with Gasteiger partial charge in [0.1, 0.15) is 5.82 Å². The molecule has 0 saturated heterocycles. The molecule has 2 aromatic rings. The molecule has 0 saturated carbocycles. The lowest BCUT2D eigenvalue weighted by Gasteiger charge is -2.09. The van der Waals surface area contributed by atoms with Crippen molar-refractivity contribution in [3.05, 3.63) is 69.4 Å². The van der Waals surface area contributed by atoms with E-state index in [9.17, 15) is 22.4 Å². The zero-order valence-electron chi connectivity index (χ0n) is 10.5. The fourth-order valence-electron chi connectivity index (χ4n) is 1.86. The number of ketones is 1. The van der Waals surface area contributed by atoms with Gasteiger partial charge in [-0.15, -0.1) is 0 Å². The number of carbonyl (C=O) groups is 1. The summed E-state index contributed by atoms with van der Waals surface area (Å²) in [6, 6.07) is 8.51. The molecule has 110 valence electrons. The van der Waals surface area contributed by atoms with E-state index in [4.69, 9.17) is 0 Å². The number of carbonyl (C=O) groups excluding carboxylic acids is 1. The van der Waals surface area contributed by atoms with Crippen LogP contribution in [0.15, 0.2) is 46.9 Å². The molecule has 0 aliphatic heterocycles. The number of hydrogen-bond acceptors (Lipinski definition) is 1. The molecule has 0 bridgehead atoms. The molecule has 0 unspecified atom stereocenters. The Kier molecular flexibility index (Phi) is 4.46. The van der Waals surface area contributed by atoms with Crippen LogP contribution in [-0.4, -0.2) is 5.78 Å². The first-order valence-electron chi connectivity index (χ1n) is 5.92. The zero-order chi connectivity index (χ0) is 15.6. The molecule has 21 heavy (non-hydrogen) atoms. The Morgan fingerprint density at radius 2 is 1.76 bits per heavy atom. The second-order valence-corrected chi connectivity index (χ2v) is 5.19. The maximum atomic E-state index is 13.4. The van der Waals surface area contributed by atoms with Crippen LogP contribution in [0.1, 0.15) is 21.5 Å². The zero-order valence-corrected chi connectivity index (χ0v) is 12.1. The van der Waals surface area contributed by atoms with Crippen LogP contribution in [0.4, 0.5) is 17.6 Å². The molecule has 0 aromatic heterocycles. The van der Waals surface area contributed by atoms with E-state index >= 15 is 0 Å².